The fourth-order valence-corrected chi connectivity index (χ4v) is 2.25. The number of nitrogens with one attached hydrogen (secondary N) is 1. The summed E-state index contributed by atoms with van der Waals surface area (Å²) >= 11 is 0. The Hall–Kier alpha value is -1.19. The van der Waals surface area contributed by atoms with Gasteiger partial charge in [-0.25, -0.2) is 0 Å². The van der Waals surface area contributed by atoms with Crippen molar-refractivity contribution < 1.29 is 9.90 Å². The number of rotatable bonds is 6. The lowest BCUT2D eigenvalue weighted by Gasteiger charge is -2.05. The molecular formula is C14H19NO2. The van der Waals surface area contributed by atoms with E-state index in [1.54, 1.807) is 0 Å². The van der Waals surface area contributed by atoms with Crippen LogP contribution in [0.4, 0.5) is 0 Å². The Kier molecular flexibility index (Phi) is 4.29. The molecule has 0 unspecified atom stereocenters. The summed E-state index contributed by atoms with van der Waals surface area (Å²) in [6.45, 7) is 1.21. The van der Waals surface area contributed by atoms with Crippen molar-refractivity contribution in [3.05, 3.63) is 34.9 Å². The van der Waals surface area contributed by atoms with E-state index in [0.29, 0.717) is 19.5 Å². The molecule has 0 aliphatic heterocycles. The van der Waals surface area contributed by atoms with Crippen LogP contribution in [-0.2, 0) is 12.8 Å². The predicted molar refractivity (Wildman–Crippen MR) is 67.4 cm³/mol. The van der Waals surface area contributed by atoms with Crippen molar-refractivity contribution in [1.82, 2.24) is 5.32 Å². The largest absolute Gasteiger partial charge is 0.396 e. The van der Waals surface area contributed by atoms with Crippen LogP contribution in [0.5, 0.6) is 0 Å². The monoisotopic (exact) mass is 233 g/mol. The Morgan fingerprint density at radius 2 is 2.12 bits per heavy atom. The molecule has 1 aromatic carbocycles. The first-order chi connectivity index (χ1) is 8.31. The fourth-order valence-electron chi connectivity index (χ4n) is 2.25. The summed E-state index contributed by atoms with van der Waals surface area (Å²) in [4.78, 5) is 11.9. The van der Waals surface area contributed by atoms with Gasteiger partial charge in [-0.2, -0.15) is 0 Å². The minimum Gasteiger partial charge on any atom is -0.396 e. The smallest absolute Gasteiger partial charge is 0.176 e. The van der Waals surface area contributed by atoms with Gasteiger partial charge in [0.15, 0.2) is 5.78 Å². The van der Waals surface area contributed by atoms with E-state index in [9.17, 15) is 4.79 Å². The number of hydrogen-bond donors (Lipinski definition) is 2. The van der Waals surface area contributed by atoms with Gasteiger partial charge in [-0.05, 0) is 49.4 Å². The lowest BCUT2D eigenvalue weighted by Crippen LogP contribution is -2.24. The molecule has 0 atom stereocenters. The summed E-state index contributed by atoms with van der Waals surface area (Å²) in [5, 5.41) is 11.7. The number of fused-ring (bicyclic) bond motifs is 1. The van der Waals surface area contributed by atoms with Crippen LogP contribution in [0.3, 0.4) is 0 Å². The standard InChI is InChI=1S/C14H19NO2/c16-8-2-7-15-10-14(17)13-6-5-11-3-1-4-12(11)9-13/h5-6,9,15-16H,1-4,7-8,10H2. The third-order valence-corrected chi connectivity index (χ3v) is 3.22. The van der Waals surface area contributed by atoms with E-state index < -0.39 is 0 Å². The number of carbonyl (C=O) groups excluding carboxylic acids is 1. The molecule has 2 rings (SSSR count). The van der Waals surface area contributed by atoms with Gasteiger partial charge in [0.25, 0.3) is 0 Å². The molecule has 0 radical (unpaired) electrons. The van der Waals surface area contributed by atoms with Crippen LogP contribution < -0.4 is 5.32 Å². The van der Waals surface area contributed by atoms with E-state index in [-0.39, 0.29) is 12.4 Å². The van der Waals surface area contributed by atoms with Gasteiger partial charge < -0.3 is 10.4 Å². The lowest BCUT2D eigenvalue weighted by atomic mass is 10.0. The molecule has 0 amide bonds. The Balaban J connectivity index is 1.91. The lowest BCUT2D eigenvalue weighted by molar-refractivity contribution is 0.0990. The highest BCUT2D eigenvalue weighted by Crippen LogP contribution is 2.22. The molecule has 0 fully saturated rings. The molecule has 1 aromatic rings. The van der Waals surface area contributed by atoms with Crippen LogP contribution in [-0.4, -0.2) is 30.6 Å². The maximum atomic E-state index is 11.9. The highest BCUT2D eigenvalue weighted by molar-refractivity contribution is 5.97. The first kappa shape index (κ1) is 12.3. The minimum atomic E-state index is 0.137. The van der Waals surface area contributed by atoms with Crippen molar-refractivity contribution >= 4 is 5.78 Å². The normalized spacial score (nSPS) is 13.7. The zero-order valence-electron chi connectivity index (χ0n) is 10.0. The fraction of sp³-hybridized carbons (Fsp3) is 0.500. The Bertz CT molecular complexity index is 401. The van der Waals surface area contributed by atoms with Gasteiger partial charge in [-0.1, -0.05) is 12.1 Å². The zero-order chi connectivity index (χ0) is 12.1. The van der Waals surface area contributed by atoms with Gasteiger partial charge in [-0.15, -0.1) is 0 Å². The van der Waals surface area contributed by atoms with E-state index >= 15 is 0 Å². The van der Waals surface area contributed by atoms with Crippen molar-refractivity contribution in [2.24, 2.45) is 0 Å². The van der Waals surface area contributed by atoms with Gasteiger partial charge in [0.2, 0.25) is 0 Å². The molecule has 3 nitrogen and oxygen atoms in total. The van der Waals surface area contributed by atoms with Gasteiger partial charge in [0, 0.05) is 12.2 Å². The third kappa shape index (κ3) is 3.14. The van der Waals surface area contributed by atoms with Crippen molar-refractivity contribution in [2.75, 3.05) is 19.7 Å². The number of aliphatic hydroxyl groups is 1. The van der Waals surface area contributed by atoms with Crippen LogP contribution in [0.15, 0.2) is 18.2 Å². The number of hydrogen-bond acceptors (Lipinski definition) is 3. The number of benzene rings is 1. The number of aryl methyl sites for hydroxylation is 2. The molecule has 0 saturated heterocycles. The number of aliphatic hydroxyl groups excluding tert-OH is 1. The Morgan fingerprint density at radius 1 is 1.29 bits per heavy atom. The molecule has 0 aromatic heterocycles. The summed E-state index contributed by atoms with van der Waals surface area (Å²) in [6.07, 6.45) is 4.16. The van der Waals surface area contributed by atoms with E-state index in [1.165, 1.54) is 17.5 Å². The van der Waals surface area contributed by atoms with Gasteiger partial charge in [-0.3, -0.25) is 4.79 Å². The van der Waals surface area contributed by atoms with Crippen LogP contribution in [0.2, 0.25) is 0 Å². The van der Waals surface area contributed by atoms with Gasteiger partial charge >= 0.3 is 0 Å². The molecular weight excluding hydrogens is 214 g/mol. The Morgan fingerprint density at radius 3 is 2.94 bits per heavy atom. The van der Waals surface area contributed by atoms with Crippen LogP contribution in [0.25, 0.3) is 0 Å². The van der Waals surface area contributed by atoms with E-state index in [4.69, 9.17) is 5.11 Å². The molecule has 2 N–H and O–H groups in total. The molecule has 0 spiro atoms. The third-order valence-electron chi connectivity index (χ3n) is 3.22. The Labute approximate surface area is 102 Å². The first-order valence-corrected chi connectivity index (χ1v) is 6.28. The molecule has 1 aliphatic carbocycles. The van der Waals surface area contributed by atoms with E-state index in [0.717, 1.165) is 18.4 Å². The zero-order valence-corrected chi connectivity index (χ0v) is 10.0. The van der Waals surface area contributed by atoms with Gasteiger partial charge in [0.1, 0.15) is 0 Å². The van der Waals surface area contributed by atoms with Gasteiger partial charge in [0.05, 0.1) is 6.54 Å². The quantitative estimate of drug-likeness (QED) is 0.575. The highest BCUT2D eigenvalue weighted by atomic mass is 16.3. The van der Waals surface area contributed by atoms with Crippen molar-refractivity contribution in [1.29, 1.82) is 0 Å². The number of Topliss-reactive ketones (excluding diaryl/α,β-unsaturated/α-hetero) is 1. The minimum absolute atomic E-state index is 0.137. The molecule has 1 aliphatic rings. The van der Waals surface area contributed by atoms with Crippen LogP contribution in [0, 0.1) is 0 Å². The summed E-state index contributed by atoms with van der Waals surface area (Å²) in [6, 6.07) is 6.06. The second kappa shape index (κ2) is 5.94. The summed E-state index contributed by atoms with van der Waals surface area (Å²) < 4.78 is 0. The molecule has 3 heteroatoms. The number of ketones is 1. The number of carbonyl (C=O) groups is 1. The molecule has 92 valence electrons. The molecule has 0 heterocycles. The first-order valence-electron chi connectivity index (χ1n) is 6.28. The van der Waals surface area contributed by atoms with Crippen LogP contribution >= 0.6 is 0 Å². The van der Waals surface area contributed by atoms with E-state index in [1.807, 2.05) is 12.1 Å². The van der Waals surface area contributed by atoms with Crippen molar-refractivity contribution in [3.8, 4) is 0 Å². The second-order valence-electron chi connectivity index (χ2n) is 4.51. The average Bonchev–Trinajstić information content (AvgIpc) is 2.81. The summed E-state index contributed by atoms with van der Waals surface area (Å²) in [7, 11) is 0. The van der Waals surface area contributed by atoms with E-state index in [2.05, 4.69) is 11.4 Å². The molecule has 0 saturated carbocycles. The van der Waals surface area contributed by atoms with Crippen LogP contribution in [0.1, 0.15) is 34.3 Å². The maximum absolute atomic E-state index is 11.9. The van der Waals surface area contributed by atoms with Crippen molar-refractivity contribution in [2.45, 2.75) is 25.7 Å². The topological polar surface area (TPSA) is 49.3 Å². The summed E-state index contributed by atoms with van der Waals surface area (Å²) in [5.41, 5.74) is 3.54. The molecule has 17 heavy (non-hydrogen) atoms. The maximum Gasteiger partial charge on any atom is 0.176 e. The second-order valence-corrected chi connectivity index (χ2v) is 4.51. The summed E-state index contributed by atoms with van der Waals surface area (Å²) in [5.74, 6) is 0.137. The SMILES string of the molecule is O=C(CNCCCO)c1ccc2c(c1)CCC2. The predicted octanol–water partition coefficient (Wildman–Crippen LogP) is 1.33. The highest BCUT2D eigenvalue weighted by Gasteiger charge is 2.13. The van der Waals surface area contributed by atoms with Crippen molar-refractivity contribution in [3.63, 3.8) is 0 Å². The molecule has 0 bridgehead atoms. The average molecular weight is 233 g/mol.